The summed E-state index contributed by atoms with van der Waals surface area (Å²) in [4.78, 5) is 0. The van der Waals surface area contributed by atoms with Gasteiger partial charge in [0, 0.05) is 26.2 Å². The molecule has 4 heteroatoms. The quantitative estimate of drug-likeness (QED) is 0.739. The molecule has 2 aliphatic rings. The first-order valence-electron chi connectivity index (χ1n) is 6.36. The Morgan fingerprint density at radius 1 is 1.50 bits per heavy atom. The van der Waals surface area contributed by atoms with E-state index in [1.165, 1.54) is 0 Å². The molecule has 0 amide bonds. The van der Waals surface area contributed by atoms with Gasteiger partial charge in [-0.15, -0.1) is 0 Å². The summed E-state index contributed by atoms with van der Waals surface area (Å²) in [5.74, 6) is 0.356. The highest BCUT2D eigenvalue weighted by Gasteiger charge is 2.42. The lowest BCUT2D eigenvalue weighted by atomic mass is 9.82. The highest BCUT2D eigenvalue weighted by Crippen LogP contribution is 2.36. The maximum atomic E-state index is 10.1. The topological polar surface area (TPSA) is 50.7 Å². The molecular formula is C12H23NO3. The highest BCUT2D eigenvalue weighted by atomic mass is 16.6. The molecule has 0 aromatic carbocycles. The summed E-state index contributed by atoms with van der Waals surface area (Å²) in [6, 6.07) is 0. The van der Waals surface area contributed by atoms with E-state index in [0.29, 0.717) is 19.1 Å². The lowest BCUT2D eigenvalue weighted by Gasteiger charge is -2.39. The van der Waals surface area contributed by atoms with Gasteiger partial charge in [-0.3, -0.25) is 0 Å². The first-order chi connectivity index (χ1) is 7.76. The van der Waals surface area contributed by atoms with Crippen LogP contribution >= 0.6 is 0 Å². The van der Waals surface area contributed by atoms with E-state index >= 15 is 0 Å². The summed E-state index contributed by atoms with van der Waals surface area (Å²) in [7, 11) is 0. The van der Waals surface area contributed by atoms with Crippen LogP contribution in [-0.2, 0) is 9.47 Å². The monoisotopic (exact) mass is 229 g/mol. The summed E-state index contributed by atoms with van der Waals surface area (Å²) in [6.45, 7) is 5.93. The van der Waals surface area contributed by atoms with Crippen molar-refractivity contribution in [2.45, 2.75) is 37.9 Å². The lowest BCUT2D eigenvalue weighted by Crippen LogP contribution is -2.45. The van der Waals surface area contributed by atoms with Gasteiger partial charge in [-0.05, 0) is 25.3 Å². The van der Waals surface area contributed by atoms with Crippen LogP contribution in [0.15, 0.2) is 0 Å². The van der Waals surface area contributed by atoms with E-state index in [0.717, 1.165) is 39.0 Å². The standard InChI is InChI=1S/C12H23NO3/c1-2-13-8-11(14)10-3-5-16-12(7-10)4-6-15-9-12/h10-11,13-14H,2-9H2,1H3. The van der Waals surface area contributed by atoms with Gasteiger partial charge < -0.3 is 19.9 Å². The van der Waals surface area contributed by atoms with Crippen molar-refractivity contribution in [3.05, 3.63) is 0 Å². The summed E-state index contributed by atoms with van der Waals surface area (Å²) < 4.78 is 11.3. The van der Waals surface area contributed by atoms with Gasteiger partial charge in [0.2, 0.25) is 0 Å². The molecule has 0 bridgehead atoms. The van der Waals surface area contributed by atoms with E-state index in [2.05, 4.69) is 12.2 Å². The zero-order valence-electron chi connectivity index (χ0n) is 10.1. The molecule has 2 fully saturated rings. The molecule has 2 saturated heterocycles. The molecule has 2 rings (SSSR count). The number of ether oxygens (including phenoxy) is 2. The van der Waals surface area contributed by atoms with Crippen molar-refractivity contribution in [3.63, 3.8) is 0 Å². The first-order valence-corrected chi connectivity index (χ1v) is 6.36. The van der Waals surface area contributed by atoms with E-state index in [1.807, 2.05) is 0 Å². The third kappa shape index (κ3) is 2.74. The van der Waals surface area contributed by atoms with E-state index in [-0.39, 0.29) is 11.7 Å². The number of hydrogen-bond donors (Lipinski definition) is 2. The fourth-order valence-electron chi connectivity index (χ4n) is 2.72. The Balaban J connectivity index is 1.85. The van der Waals surface area contributed by atoms with Crippen molar-refractivity contribution >= 4 is 0 Å². The molecule has 0 saturated carbocycles. The van der Waals surface area contributed by atoms with Gasteiger partial charge in [-0.2, -0.15) is 0 Å². The molecule has 3 unspecified atom stereocenters. The van der Waals surface area contributed by atoms with E-state index in [1.54, 1.807) is 0 Å². The molecule has 0 aromatic rings. The number of likely N-dealkylation sites (N-methyl/N-ethyl adjacent to an activating group) is 1. The predicted octanol–water partition coefficient (Wildman–Crippen LogP) is 0.542. The minimum atomic E-state index is -0.249. The molecule has 2 heterocycles. The lowest BCUT2D eigenvalue weighted by molar-refractivity contribution is -0.116. The summed E-state index contributed by atoms with van der Waals surface area (Å²) in [5.41, 5.74) is -0.0872. The summed E-state index contributed by atoms with van der Waals surface area (Å²) in [5, 5.41) is 13.3. The fourth-order valence-corrected chi connectivity index (χ4v) is 2.72. The smallest absolute Gasteiger partial charge is 0.0940 e. The molecular weight excluding hydrogens is 206 g/mol. The van der Waals surface area contributed by atoms with E-state index in [4.69, 9.17) is 9.47 Å². The highest BCUT2D eigenvalue weighted by molar-refractivity contribution is 4.92. The number of aliphatic hydroxyl groups is 1. The second-order valence-electron chi connectivity index (χ2n) is 4.96. The Hall–Kier alpha value is -0.160. The van der Waals surface area contributed by atoms with Crippen LogP contribution < -0.4 is 5.32 Å². The molecule has 4 nitrogen and oxygen atoms in total. The minimum Gasteiger partial charge on any atom is -0.392 e. The molecule has 94 valence electrons. The first kappa shape index (κ1) is 12.3. The predicted molar refractivity (Wildman–Crippen MR) is 61.4 cm³/mol. The van der Waals surface area contributed by atoms with Gasteiger partial charge >= 0.3 is 0 Å². The zero-order valence-corrected chi connectivity index (χ0v) is 10.1. The van der Waals surface area contributed by atoms with Gasteiger partial charge in [0.1, 0.15) is 0 Å². The van der Waals surface area contributed by atoms with Crippen molar-refractivity contribution < 1.29 is 14.6 Å². The van der Waals surface area contributed by atoms with Crippen LogP contribution in [0.5, 0.6) is 0 Å². The van der Waals surface area contributed by atoms with Crippen molar-refractivity contribution in [2.75, 3.05) is 32.9 Å². The SMILES string of the molecule is CCNCC(O)C1CCOC2(CCOC2)C1. The van der Waals surface area contributed by atoms with E-state index in [9.17, 15) is 5.11 Å². The molecule has 3 atom stereocenters. The maximum Gasteiger partial charge on any atom is 0.0940 e. The van der Waals surface area contributed by atoms with Crippen LogP contribution in [0.2, 0.25) is 0 Å². The van der Waals surface area contributed by atoms with E-state index < -0.39 is 0 Å². The molecule has 16 heavy (non-hydrogen) atoms. The van der Waals surface area contributed by atoms with Crippen LogP contribution in [0.4, 0.5) is 0 Å². The van der Waals surface area contributed by atoms with Crippen molar-refractivity contribution in [2.24, 2.45) is 5.92 Å². The average Bonchev–Trinajstić information content (AvgIpc) is 2.74. The second-order valence-corrected chi connectivity index (χ2v) is 4.96. The van der Waals surface area contributed by atoms with Gasteiger partial charge in [-0.1, -0.05) is 6.92 Å². The molecule has 0 aliphatic carbocycles. The van der Waals surface area contributed by atoms with Gasteiger partial charge in [0.15, 0.2) is 0 Å². The Morgan fingerprint density at radius 3 is 3.06 bits per heavy atom. The van der Waals surface area contributed by atoms with Gasteiger partial charge in [0.05, 0.1) is 18.3 Å². The van der Waals surface area contributed by atoms with Gasteiger partial charge in [0.25, 0.3) is 0 Å². The Morgan fingerprint density at radius 2 is 2.38 bits per heavy atom. The van der Waals surface area contributed by atoms with Crippen LogP contribution in [0, 0.1) is 5.92 Å². The number of rotatable bonds is 4. The summed E-state index contributed by atoms with van der Waals surface area (Å²) >= 11 is 0. The molecule has 1 spiro atoms. The van der Waals surface area contributed by atoms with Crippen LogP contribution in [0.1, 0.15) is 26.2 Å². The zero-order chi connectivity index (χ0) is 11.4. The molecule has 2 aliphatic heterocycles. The normalized spacial score (nSPS) is 36.8. The molecule has 0 aromatic heterocycles. The Kier molecular flexibility index (Phi) is 4.19. The third-order valence-corrected chi connectivity index (χ3v) is 3.75. The van der Waals surface area contributed by atoms with Crippen LogP contribution in [0.25, 0.3) is 0 Å². The second kappa shape index (κ2) is 5.45. The Labute approximate surface area is 97.3 Å². The maximum absolute atomic E-state index is 10.1. The molecule has 2 N–H and O–H groups in total. The fraction of sp³-hybridized carbons (Fsp3) is 1.00. The largest absolute Gasteiger partial charge is 0.392 e. The molecule has 0 radical (unpaired) electrons. The number of hydrogen-bond acceptors (Lipinski definition) is 4. The van der Waals surface area contributed by atoms with Crippen LogP contribution in [0.3, 0.4) is 0 Å². The van der Waals surface area contributed by atoms with Crippen molar-refractivity contribution in [1.82, 2.24) is 5.32 Å². The average molecular weight is 229 g/mol. The summed E-state index contributed by atoms with van der Waals surface area (Å²) in [6.07, 6.45) is 2.65. The van der Waals surface area contributed by atoms with Crippen molar-refractivity contribution in [1.29, 1.82) is 0 Å². The van der Waals surface area contributed by atoms with Crippen LogP contribution in [-0.4, -0.2) is 49.7 Å². The van der Waals surface area contributed by atoms with Crippen molar-refractivity contribution in [3.8, 4) is 0 Å². The number of aliphatic hydroxyl groups excluding tert-OH is 1. The minimum absolute atomic E-state index is 0.0872. The third-order valence-electron chi connectivity index (χ3n) is 3.75. The Bertz CT molecular complexity index is 216. The van der Waals surface area contributed by atoms with Gasteiger partial charge in [-0.25, -0.2) is 0 Å². The number of nitrogens with one attached hydrogen (secondary N) is 1.